The third-order valence-corrected chi connectivity index (χ3v) is 4.15. The molecule has 0 bridgehead atoms. The second-order valence-corrected chi connectivity index (χ2v) is 5.68. The number of nitro groups is 1. The van der Waals surface area contributed by atoms with Gasteiger partial charge in [0, 0.05) is 7.05 Å². The monoisotopic (exact) mass is 330 g/mol. The van der Waals surface area contributed by atoms with Gasteiger partial charge in [0.15, 0.2) is 0 Å². The van der Waals surface area contributed by atoms with Crippen molar-refractivity contribution in [2.24, 2.45) is 0 Å². The molecule has 1 fully saturated rings. The van der Waals surface area contributed by atoms with Crippen LogP contribution in [0.1, 0.15) is 5.56 Å². The van der Waals surface area contributed by atoms with Crippen molar-refractivity contribution >= 4 is 34.8 Å². The molecule has 1 saturated heterocycles. The van der Waals surface area contributed by atoms with Crippen molar-refractivity contribution in [2.45, 2.75) is 0 Å². The maximum Gasteiger partial charge on any atom is 0.397 e. The summed E-state index contributed by atoms with van der Waals surface area (Å²) in [6.45, 7) is 0. The van der Waals surface area contributed by atoms with E-state index in [0.717, 1.165) is 16.7 Å². The van der Waals surface area contributed by atoms with Crippen LogP contribution in [-0.2, 0) is 4.79 Å². The van der Waals surface area contributed by atoms with Crippen LogP contribution in [0.25, 0.3) is 11.8 Å². The third kappa shape index (κ3) is 2.73. The van der Waals surface area contributed by atoms with Crippen LogP contribution in [0.3, 0.4) is 0 Å². The first-order chi connectivity index (χ1) is 11.0. The Hall–Kier alpha value is -2.94. The average Bonchev–Trinajstić information content (AvgIpc) is 3.06. The summed E-state index contributed by atoms with van der Waals surface area (Å²) in [4.78, 5) is 35.1. The van der Waals surface area contributed by atoms with Crippen molar-refractivity contribution in [1.29, 1.82) is 0 Å². The van der Waals surface area contributed by atoms with Crippen molar-refractivity contribution in [3.05, 3.63) is 57.1 Å². The van der Waals surface area contributed by atoms with E-state index in [1.165, 1.54) is 24.0 Å². The van der Waals surface area contributed by atoms with E-state index in [1.54, 1.807) is 24.3 Å². The summed E-state index contributed by atoms with van der Waals surface area (Å²) >= 11 is 0.741. The van der Waals surface area contributed by atoms with Crippen molar-refractivity contribution in [2.75, 3.05) is 7.05 Å². The highest BCUT2D eigenvalue weighted by atomic mass is 32.2. The SMILES string of the molecule is CN1C(=O)SC(=Cc2cn(-c3ccccc3)nc2[N+](=O)[O-])C1=O. The van der Waals surface area contributed by atoms with Gasteiger partial charge in [-0.2, -0.15) is 0 Å². The number of imide groups is 1. The molecule has 23 heavy (non-hydrogen) atoms. The van der Waals surface area contributed by atoms with Crippen LogP contribution in [0.4, 0.5) is 10.6 Å². The first-order valence-electron chi connectivity index (χ1n) is 6.48. The number of aromatic nitrogens is 2. The van der Waals surface area contributed by atoms with Gasteiger partial charge in [0.1, 0.15) is 0 Å². The topological polar surface area (TPSA) is 98.3 Å². The second-order valence-electron chi connectivity index (χ2n) is 4.69. The standard InChI is InChI=1S/C14H10N4O4S/c1-16-13(19)11(23-14(16)20)7-9-8-17(15-12(9)18(21)22)10-5-3-2-4-6-10/h2-8H,1H3. The molecule has 116 valence electrons. The number of benzene rings is 1. The van der Waals surface area contributed by atoms with Gasteiger partial charge in [-0.15, -0.1) is 4.68 Å². The number of thioether (sulfide) groups is 1. The molecule has 0 spiro atoms. The van der Waals surface area contributed by atoms with Gasteiger partial charge in [0.2, 0.25) is 0 Å². The number of rotatable bonds is 3. The second kappa shape index (κ2) is 5.69. The van der Waals surface area contributed by atoms with Crippen LogP contribution in [0.2, 0.25) is 0 Å². The Labute approximate surface area is 134 Å². The normalized spacial score (nSPS) is 16.4. The van der Waals surface area contributed by atoms with Gasteiger partial charge in [0.05, 0.1) is 27.5 Å². The fraction of sp³-hybridized carbons (Fsp3) is 0.0714. The average molecular weight is 330 g/mol. The quantitative estimate of drug-likeness (QED) is 0.487. The molecule has 1 aromatic heterocycles. The summed E-state index contributed by atoms with van der Waals surface area (Å²) in [6.07, 6.45) is 2.77. The van der Waals surface area contributed by atoms with E-state index in [1.807, 2.05) is 6.07 Å². The van der Waals surface area contributed by atoms with Crippen LogP contribution in [-0.4, -0.2) is 37.8 Å². The molecule has 2 aromatic rings. The summed E-state index contributed by atoms with van der Waals surface area (Å²) < 4.78 is 1.36. The van der Waals surface area contributed by atoms with Crippen LogP contribution < -0.4 is 0 Å². The molecule has 1 aliphatic heterocycles. The van der Waals surface area contributed by atoms with E-state index in [4.69, 9.17) is 0 Å². The van der Waals surface area contributed by atoms with Gasteiger partial charge >= 0.3 is 5.82 Å². The molecular formula is C14H10N4O4S. The number of para-hydroxylation sites is 1. The number of hydrogen-bond donors (Lipinski definition) is 0. The highest BCUT2D eigenvalue weighted by Gasteiger charge is 2.33. The Kier molecular flexibility index (Phi) is 3.70. The molecular weight excluding hydrogens is 320 g/mol. The molecule has 2 amide bonds. The molecule has 9 heteroatoms. The minimum Gasteiger partial charge on any atom is -0.358 e. The number of hydrogen-bond acceptors (Lipinski definition) is 6. The lowest BCUT2D eigenvalue weighted by Gasteiger charge is -2.00. The fourth-order valence-electron chi connectivity index (χ4n) is 2.02. The molecule has 1 aromatic carbocycles. The zero-order chi connectivity index (χ0) is 16.6. The lowest BCUT2D eigenvalue weighted by molar-refractivity contribution is -0.389. The number of nitrogens with zero attached hydrogens (tertiary/aromatic N) is 4. The van der Waals surface area contributed by atoms with E-state index in [0.29, 0.717) is 5.69 Å². The predicted octanol–water partition coefficient (Wildman–Crippen LogP) is 2.45. The third-order valence-electron chi connectivity index (χ3n) is 3.19. The Balaban J connectivity index is 2.06. The van der Waals surface area contributed by atoms with E-state index in [2.05, 4.69) is 5.10 Å². The van der Waals surface area contributed by atoms with Crippen molar-refractivity contribution < 1.29 is 14.5 Å². The van der Waals surface area contributed by atoms with Gasteiger partial charge in [-0.3, -0.25) is 14.5 Å². The lowest BCUT2D eigenvalue weighted by atomic mass is 10.3. The van der Waals surface area contributed by atoms with E-state index >= 15 is 0 Å². The van der Waals surface area contributed by atoms with Gasteiger partial charge in [-0.25, -0.2) is 0 Å². The summed E-state index contributed by atoms with van der Waals surface area (Å²) in [5.41, 5.74) is 0.816. The molecule has 0 unspecified atom stereocenters. The minimum absolute atomic E-state index is 0.133. The van der Waals surface area contributed by atoms with Crippen LogP contribution in [0.5, 0.6) is 0 Å². The zero-order valence-corrected chi connectivity index (χ0v) is 12.7. The van der Waals surface area contributed by atoms with Gasteiger partial charge < -0.3 is 10.1 Å². The van der Waals surface area contributed by atoms with Crippen molar-refractivity contribution in [1.82, 2.24) is 14.7 Å². The largest absolute Gasteiger partial charge is 0.397 e. The molecule has 1 aliphatic rings. The maximum absolute atomic E-state index is 11.9. The molecule has 3 rings (SSSR count). The number of carbonyl (C=O) groups is 2. The molecule has 8 nitrogen and oxygen atoms in total. The highest BCUT2D eigenvalue weighted by Crippen LogP contribution is 2.32. The smallest absolute Gasteiger partial charge is 0.358 e. The van der Waals surface area contributed by atoms with Gasteiger partial charge in [-0.1, -0.05) is 18.2 Å². The Bertz CT molecular complexity index is 844. The van der Waals surface area contributed by atoms with Crippen LogP contribution >= 0.6 is 11.8 Å². The Morgan fingerprint density at radius 3 is 2.52 bits per heavy atom. The van der Waals surface area contributed by atoms with E-state index in [-0.39, 0.29) is 16.3 Å². The van der Waals surface area contributed by atoms with Crippen LogP contribution in [0.15, 0.2) is 41.4 Å². The zero-order valence-electron chi connectivity index (χ0n) is 11.9. The van der Waals surface area contributed by atoms with Gasteiger partial charge in [-0.05, 0) is 34.9 Å². The summed E-state index contributed by atoms with van der Waals surface area (Å²) in [5.74, 6) is -0.862. The molecule has 0 aliphatic carbocycles. The predicted molar refractivity (Wildman–Crippen MR) is 84.0 cm³/mol. The Morgan fingerprint density at radius 1 is 1.26 bits per heavy atom. The number of likely N-dealkylation sites (N-methyl/N-ethyl adjacent to an activating group) is 1. The van der Waals surface area contributed by atoms with Crippen molar-refractivity contribution in [3.8, 4) is 5.69 Å². The summed E-state index contributed by atoms with van der Waals surface area (Å²) in [7, 11) is 1.36. The fourth-order valence-corrected chi connectivity index (χ4v) is 2.84. The first-order valence-corrected chi connectivity index (χ1v) is 7.30. The van der Waals surface area contributed by atoms with Gasteiger partial charge in [0.25, 0.3) is 11.1 Å². The molecule has 2 heterocycles. The van der Waals surface area contributed by atoms with E-state index < -0.39 is 16.1 Å². The molecule has 0 N–H and O–H groups in total. The Morgan fingerprint density at radius 2 is 1.96 bits per heavy atom. The lowest BCUT2D eigenvalue weighted by Crippen LogP contribution is -2.22. The number of amides is 2. The molecule has 0 radical (unpaired) electrons. The maximum atomic E-state index is 11.9. The minimum atomic E-state index is -0.624. The summed E-state index contributed by atoms with van der Waals surface area (Å²) in [6, 6.07) is 8.89. The highest BCUT2D eigenvalue weighted by molar-refractivity contribution is 8.18. The molecule has 0 saturated carbocycles. The number of carbonyl (C=O) groups excluding carboxylic acids is 2. The van der Waals surface area contributed by atoms with E-state index in [9.17, 15) is 19.7 Å². The van der Waals surface area contributed by atoms with Crippen LogP contribution in [0, 0.1) is 10.1 Å². The van der Waals surface area contributed by atoms with Crippen molar-refractivity contribution in [3.63, 3.8) is 0 Å². The summed E-state index contributed by atoms with van der Waals surface area (Å²) in [5, 5.41) is 14.7. The molecule has 0 atom stereocenters. The first kappa shape index (κ1) is 15.0.